The lowest BCUT2D eigenvalue weighted by molar-refractivity contribution is -0.147. The van der Waals surface area contributed by atoms with Gasteiger partial charge in [-0.15, -0.1) is 0 Å². The van der Waals surface area contributed by atoms with Crippen molar-refractivity contribution < 1.29 is 19.5 Å². The second-order valence-electron chi connectivity index (χ2n) is 4.61. The van der Waals surface area contributed by atoms with Gasteiger partial charge >= 0.3 is 5.97 Å². The summed E-state index contributed by atoms with van der Waals surface area (Å²) in [5.41, 5.74) is -0.994. The Balaban J connectivity index is 2.41. The van der Waals surface area contributed by atoms with Crippen LogP contribution in [0.2, 0.25) is 0 Å². The van der Waals surface area contributed by atoms with Crippen LogP contribution >= 0.6 is 0 Å². The van der Waals surface area contributed by atoms with Gasteiger partial charge in [0, 0.05) is 19.5 Å². The van der Waals surface area contributed by atoms with Gasteiger partial charge in [0.25, 0.3) is 0 Å². The average molecular weight is 228 g/mol. The molecule has 2 amide bonds. The van der Waals surface area contributed by atoms with Gasteiger partial charge < -0.3 is 15.7 Å². The van der Waals surface area contributed by atoms with E-state index in [0.717, 1.165) is 0 Å². The third-order valence-electron chi connectivity index (χ3n) is 2.63. The SMILES string of the molecule is CC(C)(CNC(=O)C1CNC(=O)C1)C(=O)O. The van der Waals surface area contributed by atoms with Crippen LogP contribution in [0.4, 0.5) is 0 Å². The van der Waals surface area contributed by atoms with E-state index < -0.39 is 11.4 Å². The Morgan fingerprint density at radius 1 is 1.56 bits per heavy atom. The Labute approximate surface area is 93.4 Å². The molecule has 0 aromatic rings. The van der Waals surface area contributed by atoms with Gasteiger partial charge in [0.1, 0.15) is 0 Å². The van der Waals surface area contributed by atoms with Gasteiger partial charge in [-0.3, -0.25) is 14.4 Å². The second-order valence-corrected chi connectivity index (χ2v) is 4.61. The van der Waals surface area contributed by atoms with Crippen LogP contribution in [0.25, 0.3) is 0 Å². The van der Waals surface area contributed by atoms with Crippen LogP contribution in [-0.2, 0) is 14.4 Å². The summed E-state index contributed by atoms with van der Waals surface area (Å²) in [6.07, 6.45) is 0.180. The zero-order chi connectivity index (χ0) is 12.3. The first kappa shape index (κ1) is 12.5. The molecule has 0 aliphatic carbocycles. The molecule has 3 N–H and O–H groups in total. The van der Waals surface area contributed by atoms with Crippen molar-refractivity contribution in [2.75, 3.05) is 13.1 Å². The number of carbonyl (C=O) groups is 3. The Kier molecular flexibility index (Phi) is 3.51. The highest BCUT2D eigenvalue weighted by Crippen LogP contribution is 2.14. The maximum absolute atomic E-state index is 11.6. The Hall–Kier alpha value is -1.59. The molecule has 1 fully saturated rings. The first-order chi connectivity index (χ1) is 7.33. The largest absolute Gasteiger partial charge is 0.481 e. The Morgan fingerprint density at radius 3 is 2.62 bits per heavy atom. The molecular weight excluding hydrogens is 212 g/mol. The van der Waals surface area contributed by atoms with Crippen LogP contribution in [0.3, 0.4) is 0 Å². The smallest absolute Gasteiger partial charge is 0.310 e. The third-order valence-corrected chi connectivity index (χ3v) is 2.63. The number of hydrogen-bond donors (Lipinski definition) is 3. The van der Waals surface area contributed by atoms with Crippen molar-refractivity contribution in [3.8, 4) is 0 Å². The molecule has 6 nitrogen and oxygen atoms in total. The number of carboxylic acid groups (broad SMARTS) is 1. The minimum absolute atomic E-state index is 0.0614. The molecule has 0 radical (unpaired) electrons. The lowest BCUT2D eigenvalue weighted by atomic mass is 9.93. The standard InChI is InChI=1S/C10H16N2O4/c1-10(2,9(15)16)5-12-8(14)6-3-7(13)11-4-6/h6H,3-5H2,1-2H3,(H,11,13)(H,12,14)(H,15,16). The molecule has 16 heavy (non-hydrogen) atoms. The minimum Gasteiger partial charge on any atom is -0.481 e. The fourth-order valence-corrected chi connectivity index (χ4v) is 1.32. The van der Waals surface area contributed by atoms with Crippen LogP contribution in [0.15, 0.2) is 0 Å². The lowest BCUT2D eigenvalue weighted by Crippen LogP contribution is -2.41. The molecule has 1 aliphatic rings. The van der Waals surface area contributed by atoms with E-state index in [2.05, 4.69) is 10.6 Å². The summed E-state index contributed by atoms with van der Waals surface area (Å²) in [5, 5.41) is 14.0. The van der Waals surface area contributed by atoms with Crippen molar-refractivity contribution in [2.24, 2.45) is 11.3 Å². The summed E-state index contributed by atoms with van der Waals surface area (Å²) >= 11 is 0. The van der Waals surface area contributed by atoms with Crippen molar-refractivity contribution >= 4 is 17.8 Å². The van der Waals surface area contributed by atoms with Gasteiger partial charge in [0.05, 0.1) is 11.3 Å². The van der Waals surface area contributed by atoms with E-state index in [9.17, 15) is 14.4 Å². The first-order valence-electron chi connectivity index (χ1n) is 5.11. The van der Waals surface area contributed by atoms with Crippen molar-refractivity contribution in [3.63, 3.8) is 0 Å². The van der Waals surface area contributed by atoms with E-state index in [4.69, 9.17) is 5.11 Å². The first-order valence-corrected chi connectivity index (χ1v) is 5.11. The highest BCUT2D eigenvalue weighted by molar-refractivity contribution is 5.89. The van der Waals surface area contributed by atoms with Crippen molar-refractivity contribution in [3.05, 3.63) is 0 Å². The second kappa shape index (κ2) is 4.51. The van der Waals surface area contributed by atoms with Crippen molar-refractivity contribution in [1.82, 2.24) is 10.6 Å². The number of aliphatic carboxylic acids is 1. The van der Waals surface area contributed by atoms with Gasteiger partial charge in [-0.25, -0.2) is 0 Å². The van der Waals surface area contributed by atoms with Gasteiger partial charge in [0.2, 0.25) is 11.8 Å². The number of carboxylic acids is 1. The third kappa shape index (κ3) is 2.95. The van der Waals surface area contributed by atoms with Gasteiger partial charge in [-0.1, -0.05) is 0 Å². The molecule has 1 atom stereocenters. The topological polar surface area (TPSA) is 95.5 Å². The van der Waals surface area contributed by atoms with E-state index in [1.54, 1.807) is 0 Å². The van der Waals surface area contributed by atoms with E-state index in [1.807, 2.05) is 0 Å². The average Bonchev–Trinajstić information content (AvgIpc) is 2.61. The predicted octanol–water partition coefficient (Wildman–Crippen LogP) is -0.650. The summed E-state index contributed by atoms with van der Waals surface area (Å²) in [6, 6.07) is 0. The fraction of sp³-hybridized carbons (Fsp3) is 0.700. The maximum atomic E-state index is 11.6. The Morgan fingerprint density at radius 2 is 2.19 bits per heavy atom. The minimum atomic E-state index is -0.994. The molecule has 0 bridgehead atoms. The maximum Gasteiger partial charge on any atom is 0.310 e. The van der Waals surface area contributed by atoms with Crippen LogP contribution < -0.4 is 10.6 Å². The highest BCUT2D eigenvalue weighted by Gasteiger charge is 2.31. The Bertz CT molecular complexity index is 325. The summed E-state index contributed by atoms with van der Waals surface area (Å²) in [6.45, 7) is 3.46. The molecule has 6 heteroatoms. The van der Waals surface area contributed by atoms with Gasteiger partial charge in [-0.2, -0.15) is 0 Å². The molecule has 0 aromatic carbocycles. The molecule has 0 aromatic heterocycles. The van der Waals surface area contributed by atoms with Crippen molar-refractivity contribution in [1.29, 1.82) is 0 Å². The molecule has 1 aliphatic heterocycles. The zero-order valence-electron chi connectivity index (χ0n) is 9.37. The zero-order valence-corrected chi connectivity index (χ0v) is 9.37. The van der Waals surface area contributed by atoms with Crippen molar-refractivity contribution in [2.45, 2.75) is 20.3 Å². The number of amides is 2. The number of hydrogen-bond acceptors (Lipinski definition) is 3. The molecule has 1 heterocycles. The molecule has 0 spiro atoms. The summed E-state index contributed by atoms with van der Waals surface area (Å²) in [7, 11) is 0. The highest BCUT2D eigenvalue weighted by atomic mass is 16.4. The van der Waals surface area contributed by atoms with E-state index >= 15 is 0 Å². The van der Waals surface area contributed by atoms with Crippen LogP contribution in [-0.4, -0.2) is 36.0 Å². The molecule has 0 saturated carbocycles. The quantitative estimate of drug-likeness (QED) is 0.595. The predicted molar refractivity (Wildman–Crippen MR) is 55.5 cm³/mol. The fourth-order valence-electron chi connectivity index (χ4n) is 1.32. The van der Waals surface area contributed by atoms with E-state index in [-0.39, 0.29) is 30.7 Å². The normalized spacial score (nSPS) is 20.4. The van der Waals surface area contributed by atoms with Crippen LogP contribution in [0.5, 0.6) is 0 Å². The van der Waals surface area contributed by atoms with E-state index in [0.29, 0.717) is 6.54 Å². The molecular formula is C10H16N2O4. The summed E-state index contributed by atoms with van der Waals surface area (Å²) in [4.78, 5) is 33.2. The summed E-state index contributed by atoms with van der Waals surface area (Å²) < 4.78 is 0. The van der Waals surface area contributed by atoms with Crippen LogP contribution in [0.1, 0.15) is 20.3 Å². The lowest BCUT2D eigenvalue weighted by Gasteiger charge is -2.20. The molecule has 90 valence electrons. The summed E-state index contributed by atoms with van der Waals surface area (Å²) in [5.74, 6) is -1.75. The van der Waals surface area contributed by atoms with E-state index in [1.165, 1.54) is 13.8 Å². The van der Waals surface area contributed by atoms with Gasteiger partial charge in [-0.05, 0) is 13.8 Å². The monoisotopic (exact) mass is 228 g/mol. The number of nitrogens with one attached hydrogen (secondary N) is 2. The van der Waals surface area contributed by atoms with Crippen LogP contribution in [0, 0.1) is 11.3 Å². The number of carbonyl (C=O) groups excluding carboxylic acids is 2. The van der Waals surface area contributed by atoms with Gasteiger partial charge in [0.15, 0.2) is 0 Å². The molecule has 1 saturated heterocycles. The molecule has 1 rings (SSSR count). The number of rotatable bonds is 4. The molecule has 1 unspecified atom stereocenters.